The molecule has 1 nitrogen and oxygen atoms in total. The molecule has 20 heavy (non-hydrogen) atoms. The van der Waals surface area contributed by atoms with E-state index in [1.165, 1.54) is 21.2 Å². The largest absolute Gasteiger partial charge is 0.309 e. The molecule has 3 aromatic rings. The zero-order valence-corrected chi connectivity index (χ0v) is 16.8. The molecule has 1 N–H and O–H groups in total. The van der Waals surface area contributed by atoms with Gasteiger partial charge in [-0.15, -0.1) is 22.7 Å². The van der Waals surface area contributed by atoms with Crippen molar-refractivity contribution in [3.05, 3.63) is 52.8 Å². The molecule has 2 heterocycles. The summed E-state index contributed by atoms with van der Waals surface area (Å²) in [5.74, 6) is 0. The number of thiophene rings is 2. The minimum Gasteiger partial charge on any atom is -0.309 e. The number of halogens is 3. The van der Waals surface area contributed by atoms with Crippen LogP contribution in [-0.4, -0.2) is 7.05 Å². The number of benzene rings is 1. The lowest BCUT2D eigenvalue weighted by atomic mass is 10.0. The highest BCUT2D eigenvalue weighted by atomic mass is 79.9. The Morgan fingerprint density at radius 2 is 1.95 bits per heavy atom. The molecule has 0 saturated heterocycles. The van der Waals surface area contributed by atoms with Gasteiger partial charge in [-0.1, -0.05) is 12.1 Å². The standard InChI is InChI=1S/C14H10Br3NS2/c1-18-12(8-5-11(16)20-14(8)17)9-6-19-13-7(9)3-2-4-10(13)15/h2-6,12,18H,1H3. The zero-order valence-electron chi connectivity index (χ0n) is 10.4. The highest BCUT2D eigenvalue weighted by molar-refractivity contribution is 9.12. The average molecular weight is 496 g/mol. The fourth-order valence-corrected chi connectivity index (χ4v) is 6.84. The van der Waals surface area contributed by atoms with E-state index in [9.17, 15) is 0 Å². The lowest BCUT2D eigenvalue weighted by molar-refractivity contribution is 0.699. The van der Waals surface area contributed by atoms with E-state index in [4.69, 9.17) is 0 Å². The second kappa shape index (κ2) is 6.18. The van der Waals surface area contributed by atoms with Gasteiger partial charge in [0.15, 0.2) is 0 Å². The first kappa shape index (κ1) is 15.2. The predicted octanol–water partition coefficient (Wildman–Crippen LogP) is 6.56. The van der Waals surface area contributed by atoms with Gasteiger partial charge in [0, 0.05) is 9.17 Å². The fourth-order valence-electron chi connectivity index (χ4n) is 2.29. The summed E-state index contributed by atoms with van der Waals surface area (Å²) in [5.41, 5.74) is 2.59. The van der Waals surface area contributed by atoms with Gasteiger partial charge in [0.05, 0.1) is 13.6 Å². The molecular weight excluding hydrogens is 486 g/mol. The second-order valence-corrected chi connectivity index (χ2v) is 9.79. The Morgan fingerprint density at radius 1 is 1.15 bits per heavy atom. The molecule has 0 aliphatic rings. The van der Waals surface area contributed by atoms with Crippen LogP contribution in [0.25, 0.3) is 10.1 Å². The van der Waals surface area contributed by atoms with E-state index in [1.807, 2.05) is 7.05 Å². The Bertz CT molecular complexity index is 763. The van der Waals surface area contributed by atoms with E-state index in [1.54, 1.807) is 22.7 Å². The van der Waals surface area contributed by atoms with Gasteiger partial charge in [-0.3, -0.25) is 0 Å². The molecule has 1 aromatic carbocycles. The van der Waals surface area contributed by atoms with Crippen LogP contribution in [0.2, 0.25) is 0 Å². The summed E-state index contributed by atoms with van der Waals surface area (Å²) in [5, 5.41) is 6.98. The maximum Gasteiger partial charge on any atom is 0.0761 e. The molecular formula is C14H10Br3NS2. The van der Waals surface area contributed by atoms with E-state index in [-0.39, 0.29) is 6.04 Å². The van der Waals surface area contributed by atoms with E-state index in [0.717, 1.165) is 12.0 Å². The Hall–Kier alpha value is 0.280. The molecule has 6 heteroatoms. The smallest absolute Gasteiger partial charge is 0.0761 e. The van der Waals surface area contributed by atoms with Crippen molar-refractivity contribution in [2.45, 2.75) is 6.04 Å². The molecule has 2 aromatic heterocycles. The highest BCUT2D eigenvalue weighted by Gasteiger charge is 2.21. The van der Waals surface area contributed by atoms with Crippen molar-refractivity contribution in [3.8, 4) is 0 Å². The monoisotopic (exact) mass is 493 g/mol. The molecule has 0 radical (unpaired) electrons. The quantitative estimate of drug-likeness (QED) is 0.434. The predicted molar refractivity (Wildman–Crippen MR) is 100 cm³/mol. The summed E-state index contributed by atoms with van der Waals surface area (Å²) >= 11 is 14.3. The van der Waals surface area contributed by atoms with Gasteiger partial charge < -0.3 is 5.32 Å². The second-order valence-electron chi connectivity index (χ2n) is 4.31. The van der Waals surface area contributed by atoms with Crippen molar-refractivity contribution in [3.63, 3.8) is 0 Å². The molecule has 0 spiro atoms. The Kier molecular flexibility index (Phi) is 4.69. The van der Waals surface area contributed by atoms with E-state index in [2.05, 4.69) is 82.8 Å². The van der Waals surface area contributed by atoms with Crippen LogP contribution in [0.15, 0.2) is 41.7 Å². The van der Waals surface area contributed by atoms with Crippen LogP contribution in [0.4, 0.5) is 0 Å². The summed E-state index contributed by atoms with van der Waals surface area (Å²) < 4.78 is 4.76. The number of hydrogen-bond donors (Lipinski definition) is 1. The Labute approximate surface area is 150 Å². The normalized spacial score (nSPS) is 13.0. The van der Waals surface area contributed by atoms with Gasteiger partial charge in [-0.05, 0) is 88.9 Å². The molecule has 1 atom stereocenters. The van der Waals surface area contributed by atoms with E-state index < -0.39 is 0 Å². The lowest BCUT2D eigenvalue weighted by Gasteiger charge is -2.15. The molecule has 0 bridgehead atoms. The molecule has 1 unspecified atom stereocenters. The van der Waals surface area contributed by atoms with Gasteiger partial charge in [0.1, 0.15) is 0 Å². The third-order valence-corrected chi connectivity index (χ3v) is 7.53. The molecule has 0 amide bonds. The Morgan fingerprint density at radius 3 is 2.60 bits per heavy atom. The number of fused-ring (bicyclic) bond motifs is 1. The fraction of sp³-hybridized carbons (Fsp3) is 0.143. The maximum atomic E-state index is 3.67. The van der Waals surface area contributed by atoms with Gasteiger partial charge >= 0.3 is 0 Å². The summed E-state index contributed by atoms with van der Waals surface area (Å²) in [4.78, 5) is 0. The lowest BCUT2D eigenvalue weighted by Crippen LogP contribution is -2.16. The van der Waals surface area contributed by atoms with E-state index in [0.29, 0.717) is 0 Å². The molecule has 0 aliphatic carbocycles. The molecule has 0 saturated carbocycles. The van der Waals surface area contributed by atoms with Crippen molar-refractivity contribution >= 4 is 80.5 Å². The summed E-state index contributed by atoms with van der Waals surface area (Å²) in [6.45, 7) is 0. The van der Waals surface area contributed by atoms with Gasteiger partial charge in [-0.2, -0.15) is 0 Å². The third kappa shape index (κ3) is 2.66. The molecule has 0 fully saturated rings. The summed E-state index contributed by atoms with van der Waals surface area (Å²) in [6.07, 6.45) is 0. The van der Waals surface area contributed by atoms with Crippen molar-refractivity contribution in [2.24, 2.45) is 0 Å². The summed E-state index contributed by atoms with van der Waals surface area (Å²) in [7, 11) is 2.00. The van der Waals surface area contributed by atoms with Gasteiger partial charge in [0.2, 0.25) is 0 Å². The molecule has 3 rings (SSSR count). The first-order chi connectivity index (χ1) is 9.61. The third-order valence-electron chi connectivity index (χ3n) is 3.18. The number of nitrogens with one attached hydrogen (secondary N) is 1. The van der Waals surface area contributed by atoms with E-state index >= 15 is 0 Å². The van der Waals surface area contributed by atoms with Crippen LogP contribution in [0.1, 0.15) is 17.2 Å². The van der Waals surface area contributed by atoms with Gasteiger partial charge in [0.25, 0.3) is 0 Å². The first-order valence-electron chi connectivity index (χ1n) is 5.89. The highest BCUT2D eigenvalue weighted by Crippen LogP contribution is 2.42. The van der Waals surface area contributed by atoms with Crippen LogP contribution in [0.3, 0.4) is 0 Å². The molecule has 104 valence electrons. The van der Waals surface area contributed by atoms with Crippen LogP contribution in [-0.2, 0) is 0 Å². The summed E-state index contributed by atoms with van der Waals surface area (Å²) in [6, 6.07) is 8.74. The van der Waals surface area contributed by atoms with Crippen LogP contribution in [0.5, 0.6) is 0 Å². The number of hydrogen-bond acceptors (Lipinski definition) is 3. The minimum absolute atomic E-state index is 0.190. The van der Waals surface area contributed by atoms with Crippen molar-refractivity contribution < 1.29 is 0 Å². The van der Waals surface area contributed by atoms with Crippen molar-refractivity contribution in [1.29, 1.82) is 0 Å². The van der Waals surface area contributed by atoms with Crippen LogP contribution in [0, 0.1) is 0 Å². The zero-order chi connectivity index (χ0) is 14.3. The number of rotatable bonds is 3. The SMILES string of the molecule is CNC(c1cc(Br)sc1Br)c1csc2c(Br)cccc12. The van der Waals surface area contributed by atoms with Crippen molar-refractivity contribution in [1.82, 2.24) is 5.32 Å². The maximum absolute atomic E-state index is 3.67. The molecule has 0 aliphatic heterocycles. The van der Waals surface area contributed by atoms with Crippen molar-refractivity contribution in [2.75, 3.05) is 7.05 Å². The first-order valence-corrected chi connectivity index (χ1v) is 9.97. The average Bonchev–Trinajstić information content (AvgIpc) is 2.97. The van der Waals surface area contributed by atoms with Crippen LogP contribution < -0.4 is 5.32 Å². The van der Waals surface area contributed by atoms with Crippen LogP contribution >= 0.6 is 70.5 Å². The minimum atomic E-state index is 0.190. The Balaban J connectivity index is 2.17. The topological polar surface area (TPSA) is 12.0 Å². The van der Waals surface area contributed by atoms with Gasteiger partial charge in [-0.25, -0.2) is 0 Å².